The van der Waals surface area contributed by atoms with Crippen LogP contribution in [0.15, 0.2) is 28.2 Å². The maximum atomic E-state index is 15.1. The Morgan fingerprint density at radius 3 is 2.85 bits per heavy atom. The first kappa shape index (κ1) is 28.0. The van der Waals surface area contributed by atoms with Gasteiger partial charge < -0.3 is 44.4 Å². The number of hydrogen-bond acceptors (Lipinski definition) is 13. The van der Waals surface area contributed by atoms with Gasteiger partial charge in [-0.25, -0.2) is 9.37 Å². The first-order valence-electron chi connectivity index (χ1n) is 12.4. The number of aromatic nitrogens is 8. The van der Waals surface area contributed by atoms with Crippen molar-refractivity contribution in [2.24, 2.45) is 0 Å². The Kier molecular flexibility index (Phi) is 7.23. The summed E-state index contributed by atoms with van der Waals surface area (Å²) in [4.78, 5) is 48.3. The number of nitrogens with zero attached hydrogens (tertiary/aromatic N) is 6. The van der Waals surface area contributed by atoms with Gasteiger partial charge in [0.1, 0.15) is 11.8 Å². The zero-order valence-corrected chi connectivity index (χ0v) is 22.7. The molecule has 20 heteroatoms. The minimum atomic E-state index is -3.70. The number of hydrogen-bond donors (Lipinski definition) is 6. The summed E-state index contributed by atoms with van der Waals surface area (Å²) in [5.41, 5.74) is 3.82. The molecule has 8 atom stereocenters. The van der Waals surface area contributed by atoms with Crippen molar-refractivity contribution in [3.63, 3.8) is 0 Å². The highest BCUT2D eigenvalue weighted by atomic mass is 32.5. The van der Waals surface area contributed by atoms with Crippen LogP contribution >= 0.6 is 6.49 Å². The Labute approximate surface area is 233 Å². The molecule has 2 aliphatic rings. The molecule has 0 bridgehead atoms. The van der Waals surface area contributed by atoms with Gasteiger partial charge in [0.15, 0.2) is 36.3 Å². The number of aliphatic hydroxyl groups is 2. The Morgan fingerprint density at radius 2 is 2.07 bits per heavy atom. The van der Waals surface area contributed by atoms with Crippen molar-refractivity contribution in [2.45, 2.75) is 55.4 Å². The summed E-state index contributed by atoms with van der Waals surface area (Å²) in [5, 5.41) is 28.2. The van der Waals surface area contributed by atoms with Crippen LogP contribution in [0.4, 0.5) is 10.3 Å². The normalized spacial score (nSPS) is 29.9. The molecule has 0 saturated carbocycles. The van der Waals surface area contributed by atoms with E-state index in [4.69, 9.17) is 31.5 Å². The molecule has 0 aliphatic carbocycles. The molecule has 17 nitrogen and oxygen atoms in total. The van der Waals surface area contributed by atoms with E-state index in [1.54, 1.807) is 0 Å². The zero-order valence-electron chi connectivity index (χ0n) is 21.0. The standard InChI is InChI=1S/C21H25FN9O8PS/c22-12-14(33)10(39-20(12)30-3-1-9-15(30)24-7-25-17(9)34)2-4-37-40(36,41)11-5-8(6-32)38-19(11)31-16-13(28-29-31)18(35)27-21(23)26-16/h1,3,7-8,10-12,14,19-20,32-33H,2,4-6H2,(H,36,41)(H,24,25,34)(H3,23,26,27,35)/t8-,10+,11+,12-,14+,19+,20+,40?/m0/s1. The van der Waals surface area contributed by atoms with Gasteiger partial charge in [0.2, 0.25) is 5.95 Å². The molecule has 4 aromatic heterocycles. The van der Waals surface area contributed by atoms with E-state index in [1.807, 2.05) is 0 Å². The summed E-state index contributed by atoms with van der Waals surface area (Å²) < 4.78 is 34.9. The predicted molar refractivity (Wildman–Crippen MR) is 142 cm³/mol. The molecule has 0 aromatic carbocycles. The van der Waals surface area contributed by atoms with Gasteiger partial charge >= 0.3 is 0 Å². The van der Waals surface area contributed by atoms with Crippen LogP contribution in [-0.2, 0) is 25.8 Å². The molecule has 4 aromatic rings. The van der Waals surface area contributed by atoms with Gasteiger partial charge in [-0.3, -0.25) is 14.6 Å². The Bertz CT molecular complexity index is 1760. The van der Waals surface area contributed by atoms with Crippen molar-refractivity contribution >= 4 is 46.4 Å². The van der Waals surface area contributed by atoms with E-state index in [9.17, 15) is 24.7 Å². The smallest absolute Gasteiger partial charge is 0.282 e. The van der Waals surface area contributed by atoms with Crippen LogP contribution in [0.2, 0.25) is 0 Å². The minimum absolute atomic E-state index is 0.00800. The number of aliphatic hydroxyl groups excluding tert-OH is 2. The first-order chi connectivity index (χ1) is 19.6. The van der Waals surface area contributed by atoms with Crippen molar-refractivity contribution in [1.29, 1.82) is 0 Å². The topological polar surface area (TPSA) is 242 Å². The number of H-pyrrole nitrogens is 2. The van der Waals surface area contributed by atoms with Crippen LogP contribution in [0.3, 0.4) is 0 Å². The Morgan fingerprint density at radius 1 is 1.27 bits per heavy atom. The number of nitrogen functional groups attached to an aromatic ring is 1. The third-order valence-corrected chi connectivity index (χ3v) is 10.1. The van der Waals surface area contributed by atoms with Crippen molar-refractivity contribution in [2.75, 3.05) is 18.9 Å². The predicted octanol–water partition coefficient (Wildman–Crippen LogP) is -1.21. The van der Waals surface area contributed by atoms with Crippen LogP contribution in [0.5, 0.6) is 0 Å². The van der Waals surface area contributed by atoms with Crippen molar-refractivity contribution in [3.8, 4) is 0 Å². The van der Waals surface area contributed by atoms with Crippen LogP contribution in [-0.4, -0.2) is 98.0 Å². The molecule has 2 aliphatic heterocycles. The molecule has 0 amide bonds. The molecule has 2 fully saturated rings. The van der Waals surface area contributed by atoms with Crippen LogP contribution < -0.4 is 16.9 Å². The number of rotatable bonds is 8. The lowest BCUT2D eigenvalue weighted by Crippen LogP contribution is -2.29. The molecular weight excluding hydrogens is 588 g/mol. The van der Waals surface area contributed by atoms with Gasteiger partial charge in [0.25, 0.3) is 11.1 Å². The van der Waals surface area contributed by atoms with E-state index in [0.717, 1.165) is 4.68 Å². The average Bonchev–Trinajstić information content (AvgIpc) is 3.70. The number of ether oxygens (including phenoxy) is 2. The number of nitrogens with two attached hydrogens (primary N) is 1. The fourth-order valence-corrected chi connectivity index (χ4v) is 7.51. The molecule has 7 N–H and O–H groups in total. The quantitative estimate of drug-likeness (QED) is 0.128. The van der Waals surface area contributed by atoms with Crippen molar-refractivity contribution < 1.29 is 33.5 Å². The van der Waals surface area contributed by atoms with Crippen LogP contribution in [0.1, 0.15) is 25.3 Å². The highest BCUT2D eigenvalue weighted by molar-refractivity contribution is 8.09. The first-order valence-corrected chi connectivity index (χ1v) is 15.2. The number of halogens is 1. The van der Waals surface area contributed by atoms with Gasteiger partial charge in [-0.05, 0) is 24.3 Å². The highest BCUT2D eigenvalue weighted by Gasteiger charge is 2.48. The zero-order chi connectivity index (χ0) is 29.1. The van der Waals surface area contributed by atoms with Gasteiger partial charge in [-0.1, -0.05) is 5.21 Å². The largest absolute Gasteiger partial charge is 0.394 e. The lowest BCUT2D eigenvalue weighted by atomic mass is 10.1. The number of nitrogens with one attached hydrogen (secondary N) is 2. The number of alkyl halides is 1. The SMILES string of the molecule is Nc1nc2c(nnn2[C@@H]2O[C@H](CO)C[C@H]2P(O)(=S)OCC[C@H]2O[C@@H](n3ccc4c(=O)[nH]cnc43)[C@@H](F)[C@@H]2O)c(=O)[nH]1. The molecular formula is C21H25FN9O8PS. The Balaban J connectivity index is 1.17. The summed E-state index contributed by atoms with van der Waals surface area (Å²) in [6.45, 7) is -4.30. The van der Waals surface area contributed by atoms with E-state index >= 15 is 4.39 Å². The van der Waals surface area contributed by atoms with Crippen LogP contribution in [0.25, 0.3) is 22.2 Å². The van der Waals surface area contributed by atoms with Crippen LogP contribution in [0, 0.1) is 0 Å². The summed E-state index contributed by atoms with van der Waals surface area (Å²) >= 11 is 5.46. The Hall–Kier alpha value is -3.16. The highest BCUT2D eigenvalue weighted by Crippen LogP contribution is 2.57. The molecule has 220 valence electrons. The van der Waals surface area contributed by atoms with E-state index < -0.39 is 60.2 Å². The van der Waals surface area contributed by atoms with Crippen molar-refractivity contribution in [1.82, 2.24) is 39.5 Å². The molecule has 1 unspecified atom stereocenters. The molecule has 2 saturated heterocycles. The lowest BCUT2D eigenvalue weighted by molar-refractivity contribution is -0.0316. The maximum Gasteiger partial charge on any atom is 0.282 e. The number of anilines is 1. The monoisotopic (exact) mass is 613 g/mol. The number of aromatic amines is 2. The fourth-order valence-electron chi connectivity index (χ4n) is 5.14. The third-order valence-electron chi connectivity index (χ3n) is 7.14. The second kappa shape index (κ2) is 10.6. The van der Waals surface area contributed by atoms with Crippen molar-refractivity contribution in [3.05, 3.63) is 39.3 Å². The maximum absolute atomic E-state index is 15.1. The molecule has 6 heterocycles. The fraction of sp³-hybridized carbons (Fsp3) is 0.524. The van der Waals surface area contributed by atoms with Gasteiger partial charge in [-0.2, -0.15) is 9.67 Å². The molecule has 0 radical (unpaired) electrons. The van der Waals surface area contributed by atoms with E-state index in [2.05, 4.69) is 30.2 Å². The van der Waals surface area contributed by atoms with E-state index in [1.165, 1.54) is 23.2 Å². The second-order valence-corrected chi connectivity index (χ2v) is 13.3. The summed E-state index contributed by atoms with van der Waals surface area (Å²) in [7, 11) is 0. The summed E-state index contributed by atoms with van der Waals surface area (Å²) in [5.74, 6) is -0.186. The van der Waals surface area contributed by atoms with E-state index in [0.29, 0.717) is 0 Å². The summed E-state index contributed by atoms with van der Waals surface area (Å²) in [6, 6.07) is 1.47. The number of fused-ring (bicyclic) bond motifs is 2. The second-order valence-electron chi connectivity index (χ2n) is 9.67. The van der Waals surface area contributed by atoms with Gasteiger partial charge in [-0.15, -0.1) is 5.10 Å². The molecule has 41 heavy (non-hydrogen) atoms. The van der Waals surface area contributed by atoms with Gasteiger partial charge in [0.05, 0.1) is 42.8 Å². The molecule has 0 spiro atoms. The average molecular weight is 614 g/mol. The lowest BCUT2D eigenvalue weighted by Gasteiger charge is -2.27. The third kappa shape index (κ3) is 4.87. The molecule has 6 rings (SSSR count). The van der Waals surface area contributed by atoms with Gasteiger partial charge in [0, 0.05) is 12.6 Å². The van der Waals surface area contributed by atoms with E-state index in [-0.39, 0.29) is 54.2 Å². The summed E-state index contributed by atoms with van der Waals surface area (Å²) in [6.07, 6.45) is -4.77. The minimum Gasteiger partial charge on any atom is -0.394 e.